The fourth-order valence-electron chi connectivity index (χ4n) is 1.45. The fraction of sp³-hybridized carbons (Fsp3) is 0.364. The lowest BCUT2D eigenvalue weighted by Gasteiger charge is -2.14. The predicted molar refractivity (Wildman–Crippen MR) is 54.0 cm³/mol. The molecule has 0 aliphatic rings. The van der Waals surface area contributed by atoms with Crippen LogP contribution >= 0.6 is 0 Å². The Morgan fingerprint density at radius 1 is 1.50 bits per heavy atom. The Morgan fingerprint density at radius 2 is 2.29 bits per heavy atom. The van der Waals surface area contributed by atoms with Crippen molar-refractivity contribution in [3.63, 3.8) is 0 Å². The number of hydrogen-bond acceptors (Lipinski definition) is 3. The van der Waals surface area contributed by atoms with Gasteiger partial charge in [-0.3, -0.25) is 4.98 Å². The first-order valence-electron chi connectivity index (χ1n) is 4.59. The Kier molecular flexibility index (Phi) is 2.04. The summed E-state index contributed by atoms with van der Waals surface area (Å²) in [6.45, 7) is 3.52. The van der Waals surface area contributed by atoms with Gasteiger partial charge in [0.2, 0.25) is 0 Å². The second-order valence-corrected chi connectivity index (χ2v) is 4.12. The Balaban J connectivity index is 2.36. The smallest absolute Gasteiger partial charge is 0.137 e. The molecule has 0 aliphatic heterocycles. The minimum Gasteiger partial charge on any atom is -0.461 e. The molecule has 0 aromatic carbocycles. The second-order valence-electron chi connectivity index (χ2n) is 4.12. The molecule has 74 valence electrons. The van der Waals surface area contributed by atoms with Crippen molar-refractivity contribution < 1.29 is 9.52 Å². The summed E-state index contributed by atoms with van der Waals surface area (Å²) in [7, 11) is 0. The van der Waals surface area contributed by atoms with Crippen molar-refractivity contribution in [2.24, 2.45) is 0 Å². The molecule has 3 heteroatoms. The lowest BCUT2D eigenvalue weighted by atomic mass is 10.0. The van der Waals surface area contributed by atoms with E-state index < -0.39 is 5.60 Å². The molecule has 0 spiro atoms. The zero-order valence-electron chi connectivity index (χ0n) is 8.32. The van der Waals surface area contributed by atoms with Crippen LogP contribution in [0.5, 0.6) is 0 Å². The molecule has 2 heterocycles. The Hall–Kier alpha value is -1.35. The van der Waals surface area contributed by atoms with Crippen LogP contribution in [0.4, 0.5) is 0 Å². The highest BCUT2D eigenvalue weighted by molar-refractivity contribution is 5.76. The topological polar surface area (TPSA) is 46.3 Å². The number of aliphatic hydroxyl groups is 1. The van der Waals surface area contributed by atoms with Crippen molar-refractivity contribution in [1.29, 1.82) is 0 Å². The molecule has 0 saturated heterocycles. The van der Waals surface area contributed by atoms with Crippen LogP contribution in [0.15, 0.2) is 28.9 Å². The fourth-order valence-corrected chi connectivity index (χ4v) is 1.45. The standard InChI is InChI=1S/C11H13NO2/c1-11(2,13)6-9-5-8-7-12-4-3-10(8)14-9/h3-5,7,13H,6H2,1-2H3. The molecule has 0 fully saturated rings. The van der Waals surface area contributed by atoms with Gasteiger partial charge >= 0.3 is 0 Å². The van der Waals surface area contributed by atoms with E-state index in [1.54, 1.807) is 26.2 Å². The van der Waals surface area contributed by atoms with Crippen LogP contribution in [-0.4, -0.2) is 15.7 Å². The molecule has 0 amide bonds. The SMILES string of the molecule is CC(C)(O)Cc1cc2cnccc2o1. The van der Waals surface area contributed by atoms with Gasteiger partial charge in [0, 0.05) is 24.2 Å². The van der Waals surface area contributed by atoms with Crippen molar-refractivity contribution in [1.82, 2.24) is 4.98 Å². The summed E-state index contributed by atoms with van der Waals surface area (Å²) >= 11 is 0. The van der Waals surface area contributed by atoms with Gasteiger partial charge in [0.05, 0.1) is 5.60 Å². The molecule has 1 N–H and O–H groups in total. The first-order chi connectivity index (χ1) is 6.54. The highest BCUT2D eigenvalue weighted by Gasteiger charge is 2.16. The van der Waals surface area contributed by atoms with Crippen molar-refractivity contribution >= 4 is 11.0 Å². The number of nitrogens with zero attached hydrogens (tertiary/aromatic N) is 1. The maximum atomic E-state index is 9.62. The maximum absolute atomic E-state index is 9.62. The number of furan rings is 1. The van der Waals surface area contributed by atoms with Crippen LogP contribution in [-0.2, 0) is 6.42 Å². The van der Waals surface area contributed by atoms with Gasteiger partial charge in [0.15, 0.2) is 0 Å². The zero-order chi connectivity index (χ0) is 10.2. The molecule has 0 unspecified atom stereocenters. The number of fused-ring (bicyclic) bond motifs is 1. The third-order valence-electron chi connectivity index (χ3n) is 1.97. The van der Waals surface area contributed by atoms with Gasteiger partial charge in [-0.2, -0.15) is 0 Å². The minimum atomic E-state index is -0.735. The summed E-state index contributed by atoms with van der Waals surface area (Å²) in [4.78, 5) is 4.00. The molecular weight excluding hydrogens is 178 g/mol. The molecule has 0 bridgehead atoms. The number of aromatic nitrogens is 1. The van der Waals surface area contributed by atoms with Gasteiger partial charge in [-0.15, -0.1) is 0 Å². The highest BCUT2D eigenvalue weighted by atomic mass is 16.3. The second kappa shape index (κ2) is 3.10. The third-order valence-corrected chi connectivity index (χ3v) is 1.97. The van der Waals surface area contributed by atoms with Gasteiger partial charge in [0.25, 0.3) is 0 Å². The van der Waals surface area contributed by atoms with E-state index in [0.29, 0.717) is 6.42 Å². The lowest BCUT2D eigenvalue weighted by molar-refractivity contribution is 0.0757. The van der Waals surface area contributed by atoms with E-state index in [1.165, 1.54) is 0 Å². The summed E-state index contributed by atoms with van der Waals surface area (Å²) in [5.41, 5.74) is 0.0839. The van der Waals surface area contributed by atoms with Crippen LogP contribution in [0.2, 0.25) is 0 Å². The van der Waals surface area contributed by atoms with E-state index in [1.807, 2.05) is 12.1 Å². The normalized spacial score (nSPS) is 12.2. The predicted octanol–water partition coefficient (Wildman–Crippen LogP) is 2.14. The summed E-state index contributed by atoms with van der Waals surface area (Å²) in [5.74, 6) is 0.792. The molecule has 2 rings (SSSR count). The monoisotopic (exact) mass is 191 g/mol. The van der Waals surface area contributed by atoms with Crippen molar-refractivity contribution in [2.45, 2.75) is 25.9 Å². The van der Waals surface area contributed by atoms with Gasteiger partial charge in [0.1, 0.15) is 11.3 Å². The van der Waals surface area contributed by atoms with Crippen LogP contribution < -0.4 is 0 Å². The summed E-state index contributed by atoms with van der Waals surface area (Å²) < 4.78 is 5.54. The molecule has 14 heavy (non-hydrogen) atoms. The highest BCUT2D eigenvalue weighted by Crippen LogP contribution is 2.21. The van der Waals surface area contributed by atoms with E-state index in [4.69, 9.17) is 4.42 Å². The Bertz CT molecular complexity index is 407. The summed E-state index contributed by atoms with van der Waals surface area (Å²) in [5, 5.41) is 10.6. The average molecular weight is 191 g/mol. The first-order valence-corrected chi connectivity index (χ1v) is 4.59. The van der Waals surface area contributed by atoms with Crippen LogP contribution in [0, 0.1) is 0 Å². The van der Waals surface area contributed by atoms with Gasteiger partial charge < -0.3 is 9.52 Å². The maximum Gasteiger partial charge on any atom is 0.137 e. The number of rotatable bonds is 2. The van der Waals surface area contributed by atoms with Crippen molar-refractivity contribution in [3.05, 3.63) is 30.3 Å². The minimum absolute atomic E-state index is 0.516. The van der Waals surface area contributed by atoms with Crippen molar-refractivity contribution in [3.8, 4) is 0 Å². The molecule has 0 radical (unpaired) electrons. The largest absolute Gasteiger partial charge is 0.461 e. The van der Waals surface area contributed by atoms with E-state index >= 15 is 0 Å². The quantitative estimate of drug-likeness (QED) is 0.791. The van der Waals surface area contributed by atoms with E-state index in [-0.39, 0.29) is 0 Å². The number of pyridine rings is 1. The van der Waals surface area contributed by atoms with Crippen molar-refractivity contribution in [2.75, 3.05) is 0 Å². The van der Waals surface area contributed by atoms with E-state index in [9.17, 15) is 5.11 Å². The van der Waals surface area contributed by atoms with Crippen LogP contribution in [0.1, 0.15) is 19.6 Å². The van der Waals surface area contributed by atoms with E-state index in [0.717, 1.165) is 16.7 Å². The van der Waals surface area contributed by atoms with Crippen LogP contribution in [0.3, 0.4) is 0 Å². The lowest BCUT2D eigenvalue weighted by Crippen LogP contribution is -2.21. The number of hydrogen-bond donors (Lipinski definition) is 1. The first kappa shape index (κ1) is 9.21. The zero-order valence-corrected chi connectivity index (χ0v) is 8.32. The Labute approximate surface area is 82.4 Å². The van der Waals surface area contributed by atoms with Gasteiger partial charge in [-0.05, 0) is 26.0 Å². The average Bonchev–Trinajstić information content (AvgIpc) is 2.42. The Morgan fingerprint density at radius 3 is 2.93 bits per heavy atom. The molecule has 2 aromatic heterocycles. The molecule has 2 aromatic rings. The van der Waals surface area contributed by atoms with Crippen LogP contribution in [0.25, 0.3) is 11.0 Å². The molecule has 0 saturated carbocycles. The third kappa shape index (κ3) is 1.93. The summed E-state index contributed by atoms with van der Waals surface area (Å²) in [6.07, 6.45) is 3.97. The molecule has 3 nitrogen and oxygen atoms in total. The van der Waals surface area contributed by atoms with E-state index in [2.05, 4.69) is 4.98 Å². The molecule has 0 atom stereocenters. The molecule has 0 aliphatic carbocycles. The van der Waals surface area contributed by atoms with Gasteiger partial charge in [-0.25, -0.2) is 0 Å². The molecular formula is C11H13NO2. The summed E-state index contributed by atoms with van der Waals surface area (Å²) in [6, 6.07) is 3.74. The van der Waals surface area contributed by atoms with Gasteiger partial charge in [-0.1, -0.05) is 0 Å².